The number of hydrogen-bond donors (Lipinski definition) is 1. The van der Waals surface area contributed by atoms with Crippen molar-refractivity contribution in [1.82, 2.24) is 14.8 Å². The first kappa shape index (κ1) is 18.0. The zero-order valence-electron chi connectivity index (χ0n) is 15.5. The number of aromatic nitrogens is 1. The summed E-state index contributed by atoms with van der Waals surface area (Å²) < 4.78 is 1.50. The Morgan fingerprint density at radius 2 is 1.75 bits per heavy atom. The molecular formula is C22H21N3O3. The fourth-order valence-electron chi connectivity index (χ4n) is 3.77. The number of hydrogen-bond acceptors (Lipinski definition) is 3. The Morgan fingerprint density at radius 3 is 2.50 bits per heavy atom. The van der Waals surface area contributed by atoms with Crippen molar-refractivity contribution in [3.05, 3.63) is 71.9 Å². The van der Waals surface area contributed by atoms with Crippen LogP contribution in [0, 0.1) is 0 Å². The Kier molecular flexibility index (Phi) is 4.69. The molecule has 1 N–H and O–H groups in total. The lowest BCUT2D eigenvalue weighted by molar-refractivity contribution is -0.149. The van der Waals surface area contributed by atoms with Crippen LogP contribution in [0.25, 0.3) is 10.9 Å². The number of carbonyl (C=O) groups is 3. The highest BCUT2D eigenvalue weighted by atomic mass is 16.2. The van der Waals surface area contributed by atoms with Crippen molar-refractivity contribution >= 4 is 29.1 Å². The molecule has 0 saturated carbocycles. The van der Waals surface area contributed by atoms with Crippen molar-refractivity contribution in [2.24, 2.45) is 0 Å². The minimum atomic E-state index is -0.654. The van der Waals surface area contributed by atoms with E-state index in [9.17, 15) is 14.4 Å². The van der Waals surface area contributed by atoms with Gasteiger partial charge in [0.05, 0.1) is 5.52 Å². The molecule has 1 saturated heterocycles. The maximum Gasteiger partial charge on any atom is 0.246 e. The van der Waals surface area contributed by atoms with Crippen LogP contribution in [-0.4, -0.2) is 39.8 Å². The molecule has 3 aromatic rings. The number of para-hydroxylation sites is 1. The second-order valence-electron chi connectivity index (χ2n) is 7.08. The van der Waals surface area contributed by atoms with Crippen molar-refractivity contribution in [3.8, 4) is 0 Å². The standard InChI is InChI=1S/C22H21N3O3/c1-15-21(27)23-19(22(28)25(15)12-16-7-3-2-4-8-16)11-17-13-24(14-26)20-10-6-5-9-18(17)20/h2-10,13-15,19H,11-12H2,1H3,(H,23,27)/t15-,19+/m0/s1. The third-order valence-corrected chi connectivity index (χ3v) is 5.30. The fraction of sp³-hybridized carbons (Fsp3) is 0.227. The Balaban J connectivity index is 1.62. The first-order chi connectivity index (χ1) is 13.6. The van der Waals surface area contributed by atoms with Gasteiger partial charge in [0.15, 0.2) is 0 Å². The zero-order chi connectivity index (χ0) is 19.7. The lowest BCUT2D eigenvalue weighted by Crippen LogP contribution is -2.62. The lowest BCUT2D eigenvalue weighted by atomic mass is 9.99. The summed E-state index contributed by atoms with van der Waals surface area (Å²) in [6.07, 6.45) is 2.82. The van der Waals surface area contributed by atoms with E-state index in [0.717, 1.165) is 28.4 Å². The summed E-state index contributed by atoms with van der Waals surface area (Å²) in [6.45, 7) is 2.13. The number of carbonyl (C=O) groups excluding carboxylic acids is 3. The quantitative estimate of drug-likeness (QED) is 0.695. The number of rotatable bonds is 5. The van der Waals surface area contributed by atoms with E-state index in [1.807, 2.05) is 54.6 Å². The number of benzene rings is 2. The lowest BCUT2D eigenvalue weighted by Gasteiger charge is -2.37. The number of nitrogens with zero attached hydrogens (tertiary/aromatic N) is 2. The van der Waals surface area contributed by atoms with Crippen molar-refractivity contribution in [3.63, 3.8) is 0 Å². The normalized spacial score (nSPS) is 19.7. The van der Waals surface area contributed by atoms with Crippen LogP contribution in [0.3, 0.4) is 0 Å². The maximum absolute atomic E-state index is 13.1. The molecule has 1 aliphatic rings. The molecule has 28 heavy (non-hydrogen) atoms. The van der Waals surface area contributed by atoms with E-state index in [-0.39, 0.29) is 11.8 Å². The Labute approximate surface area is 162 Å². The van der Waals surface area contributed by atoms with Gasteiger partial charge in [0.2, 0.25) is 18.2 Å². The summed E-state index contributed by atoms with van der Waals surface area (Å²) >= 11 is 0. The molecule has 6 heteroatoms. The monoisotopic (exact) mass is 375 g/mol. The molecule has 2 amide bonds. The van der Waals surface area contributed by atoms with Gasteiger partial charge in [-0.2, -0.15) is 0 Å². The molecule has 2 aromatic carbocycles. The van der Waals surface area contributed by atoms with Gasteiger partial charge in [-0.15, -0.1) is 0 Å². The molecule has 2 heterocycles. The molecule has 6 nitrogen and oxygen atoms in total. The maximum atomic E-state index is 13.1. The third kappa shape index (κ3) is 3.17. The second-order valence-corrected chi connectivity index (χ2v) is 7.08. The predicted octanol–water partition coefficient (Wildman–Crippen LogP) is 2.14. The van der Waals surface area contributed by atoms with Gasteiger partial charge in [-0.3, -0.25) is 19.0 Å². The number of piperazine rings is 1. The average Bonchev–Trinajstić information content (AvgIpc) is 3.08. The first-order valence-electron chi connectivity index (χ1n) is 9.27. The number of nitrogens with one attached hydrogen (secondary N) is 1. The van der Waals surface area contributed by atoms with Crippen molar-refractivity contribution < 1.29 is 14.4 Å². The SMILES string of the molecule is C[C@H]1C(=O)N[C@H](Cc2cn(C=O)c3ccccc23)C(=O)N1Cc1ccccc1. The highest BCUT2D eigenvalue weighted by molar-refractivity contribution is 5.97. The van der Waals surface area contributed by atoms with Crippen molar-refractivity contribution in [2.45, 2.75) is 32.0 Å². The first-order valence-corrected chi connectivity index (χ1v) is 9.27. The van der Waals surface area contributed by atoms with Gasteiger partial charge < -0.3 is 10.2 Å². The van der Waals surface area contributed by atoms with Crippen molar-refractivity contribution in [2.75, 3.05) is 0 Å². The third-order valence-electron chi connectivity index (χ3n) is 5.30. The molecule has 0 unspecified atom stereocenters. The second kappa shape index (κ2) is 7.31. The van der Waals surface area contributed by atoms with Crippen molar-refractivity contribution in [1.29, 1.82) is 0 Å². The van der Waals surface area contributed by atoms with Crippen LogP contribution >= 0.6 is 0 Å². The molecule has 4 rings (SSSR count). The molecule has 0 radical (unpaired) electrons. The van der Waals surface area contributed by atoms with E-state index in [1.54, 1.807) is 18.0 Å². The van der Waals surface area contributed by atoms with Gasteiger partial charge in [0.25, 0.3) is 0 Å². The molecule has 1 aliphatic heterocycles. The molecule has 142 valence electrons. The largest absolute Gasteiger partial charge is 0.342 e. The molecule has 2 atom stereocenters. The van der Waals surface area contributed by atoms with Crippen LogP contribution < -0.4 is 5.32 Å². The molecule has 0 bridgehead atoms. The highest BCUT2D eigenvalue weighted by Gasteiger charge is 2.38. The van der Waals surface area contributed by atoms with Crippen LogP contribution in [-0.2, 0) is 27.3 Å². The van der Waals surface area contributed by atoms with Crippen LogP contribution in [0.15, 0.2) is 60.8 Å². The van der Waals surface area contributed by atoms with E-state index in [1.165, 1.54) is 4.57 Å². The summed E-state index contributed by atoms with van der Waals surface area (Å²) in [5, 5.41) is 3.75. The summed E-state index contributed by atoms with van der Waals surface area (Å²) in [6, 6.07) is 16.0. The summed E-state index contributed by atoms with van der Waals surface area (Å²) in [7, 11) is 0. The average molecular weight is 375 g/mol. The highest BCUT2D eigenvalue weighted by Crippen LogP contribution is 2.24. The van der Waals surface area contributed by atoms with E-state index in [0.29, 0.717) is 13.0 Å². The van der Waals surface area contributed by atoms with Gasteiger partial charge in [-0.25, -0.2) is 0 Å². The van der Waals surface area contributed by atoms with Crippen LogP contribution in [0.1, 0.15) is 18.1 Å². The summed E-state index contributed by atoms with van der Waals surface area (Å²) in [5.74, 6) is -0.279. The van der Waals surface area contributed by atoms with Gasteiger partial charge in [0, 0.05) is 24.5 Å². The van der Waals surface area contributed by atoms with E-state index in [2.05, 4.69) is 5.32 Å². The number of amides is 2. The zero-order valence-corrected chi connectivity index (χ0v) is 15.5. The minimum Gasteiger partial charge on any atom is -0.342 e. The Hall–Kier alpha value is -3.41. The number of fused-ring (bicyclic) bond motifs is 1. The Bertz CT molecular complexity index is 1040. The van der Waals surface area contributed by atoms with Crippen LogP contribution in [0.4, 0.5) is 0 Å². The van der Waals surface area contributed by atoms with E-state index in [4.69, 9.17) is 0 Å². The smallest absolute Gasteiger partial charge is 0.246 e. The topological polar surface area (TPSA) is 71.4 Å². The minimum absolute atomic E-state index is 0.112. The fourth-order valence-corrected chi connectivity index (χ4v) is 3.77. The van der Waals surface area contributed by atoms with Crippen LogP contribution in [0.5, 0.6) is 0 Å². The van der Waals surface area contributed by atoms with Gasteiger partial charge in [-0.05, 0) is 24.1 Å². The van der Waals surface area contributed by atoms with E-state index < -0.39 is 12.1 Å². The van der Waals surface area contributed by atoms with Gasteiger partial charge >= 0.3 is 0 Å². The van der Waals surface area contributed by atoms with Gasteiger partial charge in [-0.1, -0.05) is 48.5 Å². The molecule has 0 aliphatic carbocycles. The summed E-state index contributed by atoms with van der Waals surface area (Å²) in [5.41, 5.74) is 2.63. The Morgan fingerprint density at radius 1 is 1.04 bits per heavy atom. The van der Waals surface area contributed by atoms with E-state index >= 15 is 0 Å². The molecule has 0 spiro atoms. The molecular weight excluding hydrogens is 354 g/mol. The molecule has 1 fully saturated rings. The van der Waals surface area contributed by atoms with Gasteiger partial charge in [0.1, 0.15) is 12.1 Å². The predicted molar refractivity (Wildman–Crippen MR) is 106 cm³/mol. The van der Waals surface area contributed by atoms with Crippen LogP contribution in [0.2, 0.25) is 0 Å². The summed E-state index contributed by atoms with van der Waals surface area (Å²) in [4.78, 5) is 38.6. The molecule has 1 aromatic heterocycles.